The number of hydrogen-bond donors (Lipinski definition) is 1. The Balaban J connectivity index is 1.59. The number of thioether (sulfide) groups is 1. The first-order valence-corrected chi connectivity index (χ1v) is 9.50. The maximum Gasteiger partial charge on any atom is 0.234 e. The van der Waals surface area contributed by atoms with Gasteiger partial charge in [-0.15, -0.1) is 11.3 Å². The van der Waals surface area contributed by atoms with Crippen LogP contribution in [0.5, 0.6) is 0 Å². The Hall–Kier alpha value is -2.11. The molecular formula is C19H18N2OS2. The van der Waals surface area contributed by atoms with E-state index in [-0.39, 0.29) is 5.91 Å². The fraction of sp³-hybridized carbons (Fsp3) is 0.158. The minimum atomic E-state index is -0.00911. The molecule has 3 aromatic rings. The van der Waals surface area contributed by atoms with Crippen LogP contribution in [0.3, 0.4) is 0 Å². The van der Waals surface area contributed by atoms with Crippen LogP contribution in [0.4, 0.5) is 5.69 Å². The maximum atomic E-state index is 12.2. The summed E-state index contributed by atoms with van der Waals surface area (Å²) in [4.78, 5) is 16.8. The molecule has 5 heteroatoms. The summed E-state index contributed by atoms with van der Waals surface area (Å²) in [5.41, 5.74) is 5.22. The normalized spacial score (nSPS) is 10.6. The van der Waals surface area contributed by atoms with Crippen LogP contribution < -0.4 is 5.32 Å². The van der Waals surface area contributed by atoms with Crippen LogP contribution in [0, 0.1) is 13.8 Å². The van der Waals surface area contributed by atoms with Gasteiger partial charge in [0, 0.05) is 16.6 Å². The molecule has 0 aliphatic rings. The molecule has 1 N–H and O–H groups in total. The second-order valence-corrected chi connectivity index (χ2v) is 7.53. The summed E-state index contributed by atoms with van der Waals surface area (Å²) in [6, 6.07) is 16.0. The van der Waals surface area contributed by atoms with Gasteiger partial charge in [0.2, 0.25) is 5.91 Å². The number of carbonyl (C=O) groups excluding carboxylic acids is 1. The number of nitrogens with one attached hydrogen (secondary N) is 1. The second kappa shape index (κ2) is 7.64. The zero-order valence-electron chi connectivity index (χ0n) is 13.6. The van der Waals surface area contributed by atoms with Crippen molar-refractivity contribution in [2.24, 2.45) is 0 Å². The van der Waals surface area contributed by atoms with E-state index in [1.165, 1.54) is 17.3 Å². The smallest absolute Gasteiger partial charge is 0.234 e. The van der Waals surface area contributed by atoms with Crippen molar-refractivity contribution in [3.05, 3.63) is 65.0 Å². The van der Waals surface area contributed by atoms with Crippen LogP contribution in [0.2, 0.25) is 0 Å². The average Bonchev–Trinajstić information content (AvgIpc) is 3.07. The van der Waals surface area contributed by atoms with E-state index < -0.39 is 0 Å². The van der Waals surface area contributed by atoms with Crippen LogP contribution >= 0.6 is 23.1 Å². The lowest BCUT2D eigenvalue weighted by atomic mass is 10.1. The Morgan fingerprint density at radius 2 is 1.92 bits per heavy atom. The number of carbonyl (C=O) groups is 1. The van der Waals surface area contributed by atoms with Crippen molar-refractivity contribution in [2.45, 2.75) is 18.2 Å². The highest BCUT2D eigenvalue weighted by Gasteiger charge is 2.09. The van der Waals surface area contributed by atoms with Crippen molar-refractivity contribution in [3.8, 4) is 11.3 Å². The number of nitrogens with zero attached hydrogens (tertiary/aromatic N) is 1. The predicted octanol–water partition coefficient (Wildman–Crippen LogP) is 5.16. The number of aryl methyl sites for hydroxylation is 1. The SMILES string of the molecule is Cc1cccc(NC(=O)CSc2nc(-c3ccccc3)cs2)c1C. The molecule has 1 heterocycles. The number of amides is 1. The first-order valence-electron chi connectivity index (χ1n) is 7.63. The predicted molar refractivity (Wildman–Crippen MR) is 103 cm³/mol. The zero-order valence-corrected chi connectivity index (χ0v) is 15.2. The third-order valence-electron chi connectivity index (χ3n) is 3.76. The average molecular weight is 355 g/mol. The molecule has 0 spiro atoms. The Bertz CT molecular complexity index is 844. The van der Waals surface area contributed by atoms with Crippen molar-refractivity contribution >= 4 is 34.7 Å². The fourth-order valence-corrected chi connectivity index (χ4v) is 3.90. The molecule has 3 nitrogen and oxygen atoms in total. The van der Waals surface area contributed by atoms with Gasteiger partial charge in [0.15, 0.2) is 4.34 Å². The first-order chi connectivity index (χ1) is 11.6. The molecule has 24 heavy (non-hydrogen) atoms. The minimum Gasteiger partial charge on any atom is -0.325 e. The van der Waals surface area contributed by atoms with Gasteiger partial charge in [-0.3, -0.25) is 4.79 Å². The molecule has 0 saturated heterocycles. The van der Waals surface area contributed by atoms with Crippen LogP contribution in [0.15, 0.2) is 58.3 Å². The molecule has 0 fully saturated rings. The lowest BCUT2D eigenvalue weighted by Gasteiger charge is -2.09. The molecule has 0 radical (unpaired) electrons. The van der Waals surface area contributed by atoms with E-state index in [2.05, 4.69) is 10.3 Å². The third-order valence-corrected chi connectivity index (χ3v) is 5.78. The summed E-state index contributed by atoms with van der Waals surface area (Å²) < 4.78 is 0.907. The van der Waals surface area contributed by atoms with Crippen molar-refractivity contribution in [2.75, 3.05) is 11.1 Å². The summed E-state index contributed by atoms with van der Waals surface area (Å²) in [6.45, 7) is 4.06. The number of aromatic nitrogens is 1. The van der Waals surface area contributed by atoms with E-state index in [1.807, 2.05) is 67.8 Å². The molecule has 122 valence electrons. The van der Waals surface area contributed by atoms with Gasteiger partial charge in [0.1, 0.15) is 0 Å². The van der Waals surface area contributed by atoms with Crippen LogP contribution in [-0.4, -0.2) is 16.6 Å². The molecule has 0 bridgehead atoms. The third kappa shape index (κ3) is 4.04. The largest absolute Gasteiger partial charge is 0.325 e. The van der Waals surface area contributed by atoms with Gasteiger partial charge in [0.05, 0.1) is 11.4 Å². The topological polar surface area (TPSA) is 42.0 Å². The fourth-order valence-electron chi connectivity index (χ4n) is 2.27. The Morgan fingerprint density at radius 3 is 2.71 bits per heavy atom. The first kappa shape index (κ1) is 16.7. The Kier molecular flexibility index (Phi) is 5.33. The van der Waals surface area contributed by atoms with Gasteiger partial charge in [0.25, 0.3) is 0 Å². The number of anilines is 1. The summed E-state index contributed by atoms with van der Waals surface area (Å²) in [5, 5.41) is 5.00. The molecule has 0 unspecified atom stereocenters. The highest BCUT2D eigenvalue weighted by Crippen LogP contribution is 2.28. The summed E-state index contributed by atoms with van der Waals surface area (Å²) in [7, 11) is 0. The molecule has 0 aliphatic carbocycles. The molecule has 0 atom stereocenters. The van der Waals surface area contributed by atoms with Gasteiger partial charge in [-0.25, -0.2) is 4.98 Å². The second-order valence-electron chi connectivity index (χ2n) is 5.45. The highest BCUT2D eigenvalue weighted by molar-refractivity contribution is 8.01. The van der Waals surface area contributed by atoms with Gasteiger partial charge >= 0.3 is 0 Å². The van der Waals surface area contributed by atoms with Crippen molar-refractivity contribution in [1.82, 2.24) is 4.98 Å². The molecule has 2 aromatic carbocycles. The number of benzene rings is 2. The lowest BCUT2D eigenvalue weighted by molar-refractivity contribution is -0.113. The highest BCUT2D eigenvalue weighted by atomic mass is 32.2. The van der Waals surface area contributed by atoms with E-state index in [0.29, 0.717) is 5.75 Å². The maximum absolute atomic E-state index is 12.2. The van der Waals surface area contributed by atoms with Crippen molar-refractivity contribution in [3.63, 3.8) is 0 Å². The standard InChI is InChI=1S/C19H18N2OS2/c1-13-7-6-10-16(14(13)2)20-18(22)12-24-19-21-17(11-23-19)15-8-4-3-5-9-15/h3-11H,12H2,1-2H3,(H,20,22). The van der Waals surface area contributed by atoms with E-state index in [9.17, 15) is 4.79 Å². The van der Waals surface area contributed by atoms with E-state index in [0.717, 1.165) is 26.8 Å². The number of rotatable bonds is 5. The molecular weight excluding hydrogens is 336 g/mol. The van der Waals surface area contributed by atoms with E-state index in [1.54, 1.807) is 11.3 Å². The Morgan fingerprint density at radius 1 is 1.12 bits per heavy atom. The molecule has 0 saturated carbocycles. The zero-order chi connectivity index (χ0) is 16.9. The van der Waals surface area contributed by atoms with E-state index in [4.69, 9.17) is 0 Å². The van der Waals surface area contributed by atoms with Gasteiger partial charge in [-0.05, 0) is 31.0 Å². The van der Waals surface area contributed by atoms with Crippen LogP contribution in [-0.2, 0) is 4.79 Å². The van der Waals surface area contributed by atoms with Crippen molar-refractivity contribution < 1.29 is 4.79 Å². The van der Waals surface area contributed by atoms with Gasteiger partial charge < -0.3 is 5.32 Å². The monoisotopic (exact) mass is 354 g/mol. The van der Waals surface area contributed by atoms with Crippen molar-refractivity contribution in [1.29, 1.82) is 0 Å². The molecule has 1 aromatic heterocycles. The number of hydrogen-bond acceptors (Lipinski definition) is 4. The summed E-state index contributed by atoms with van der Waals surface area (Å²) in [6.07, 6.45) is 0. The van der Waals surface area contributed by atoms with E-state index >= 15 is 0 Å². The van der Waals surface area contributed by atoms with Crippen LogP contribution in [0.25, 0.3) is 11.3 Å². The molecule has 1 amide bonds. The van der Waals surface area contributed by atoms with Crippen LogP contribution in [0.1, 0.15) is 11.1 Å². The quantitative estimate of drug-likeness (QED) is 0.644. The molecule has 3 rings (SSSR count). The van der Waals surface area contributed by atoms with Gasteiger partial charge in [-0.2, -0.15) is 0 Å². The minimum absolute atomic E-state index is 0.00911. The lowest BCUT2D eigenvalue weighted by Crippen LogP contribution is -2.15. The molecule has 0 aliphatic heterocycles. The summed E-state index contributed by atoms with van der Waals surface area (Å²) >= 11 is 3.04. The summed E-state index contributed by atoms with van der Waals surface area (Å²) in [5.74, 6) is 0.347. The van der Waals surface area contributed by atoms with Gasteiger partial charge in [-0.1, -0.05) is 54.2 Å². The Labute approximate surface area is 150 Å². The number of thiazole rings is 1.